The van der Waals surface area contributed by atoms with Gasteiger partial charge < -0.3 is 15.0 Å². The molecule has 5 rings (SSSR count). The highest BCUT2D eigenvalue weighted by Gasteiger charge is 2.59. The van der Waals surface area contributed by atoms with Crippen LogP contribution in [0, 0.1) is 0 Å². The third-order valence-electron chi connectivity index (χ3n) is 5.67. The lowest BCUT2D eigenvalue weighted by molar-refractivity contribution is -0.121. The summed E-state index contributed by atoms with van der Waals surface area (Å²) >= 11 is 6.46. The van der Waals surface area contributed by atoms with Gasteiger partial charge in [-0.05, 0) is 42.5 Å². The number of para-hydroxylation sites is 2. The maximum absolute atomic E-state index is 13.7. The second-order valence-corrected chi connectivity index (χ2v) is 7.63. The number of nitrogens with one attached hydrogen (secondary N) is 1. The first kappa shape index (κ1) is 18.5. The van der Waals surface area contributed by atoms with Crippen molar-refractivity contribution >= 4 is 40.5 Å². The number of anilines is 3. The fraction of sp³-hybridized carbons (Fsp3) is 0.130. The lowest BCUT2D eigenvalue weighted by Gasteiger charge is -2.44. The summed E-state index contributed by atoms with van der Waals surface area (Å²) in [5.74, 6) is 0.0947. The summed E-state index contributed by atoms with van der Waals surface area (Å²) < 4.78 is 5.26. The number of carbonyl (C=O) groups is 2. The van der Waals surface area contributed by atoms with Crippen LogP contribution in [0.15, 0.2) is 66.7 Å². The molecular formula is C23H18ClN3O3. The van der Waals surface area contributed by atoms with E-state index in [0.717, 1.165) is 0 Å². The Morgan fingerprint density at radius 1 is 0.967 bits per heavy atom. The molecule has 0 saturated carbocycles. The Kier molecular flexibility index (Phi) is 4.01. The van der Waals surface area contributed by atoms with Crippen LogP contribution in [-0.4, -0.2) is 26.0 Å². The minimum atomic E-state index is -1.45. The monoisotopic (exact) mass is 419 g/mol. The molecule has 3 aromatic rings. The smallest absolute Gasteiger partial charge is 0.278 e. The number of benzene rings is 3. The third kappa shape index (κ3) is 2.31. The van der Waals surface area contributed by atoms with Gasteiger partial charge in [0.15, 0.2) is 0 Å². The van der Waals surface area contributed by atoms with Crippen molar-refractivity contribution < 1.29 is 14.3 Å². The van der Waals surface area contributed by atoms with Gasteiger partial charge in [-0.15, -0.1) is 0 Å². The van der Waals surface area contributed by atoms with E-state index in [1.807, 2.05) is 12.1 Å². The maximum Gasteiger partial charge on any atom is 0.278 e. The number of nitrogens with zero attached hydrogens (tertiary/aromatic N) is 2. The predicted molar refractivity (Wildman–Crippen MR) is 116 cm³/mol. The number of rotatable bonds is 2. The van der Waals surface area contributed by atoms with Crippen LogP contribution in [0.4, 0.5) is 17.1 Å². The SMILES string of the molecule is COc1ccc(N2C(=O)c3ccccc3NC23C(=O)N(C)c2c(Cl)cccc23)cc1. The highest BCUT2D eigenvalue weighted by atomic mass is 35.5. The van der Waals surface area contributed by atoms with E-state index >= 15 is 0 Å². The Morgan fingerprint density at radius 3 is 2.43 bits per heavy atom. The Morgan fingerprint density at radius 2 is 1.70 bits per heavy atom. The standard InChI is InChI=1S/C23H18ClN3O3/c1-26-20-17(7-5-8-18(20)24)23(22(26)29)25-19-9-4-3-6-16(19)21(28)27(23)14-10-12-15(30-2)13-11-14/h3-13,25H,1-2H3. The molecule has 2 amide bonds. The van der Waals surface area contributed by atoms with Crippen molar-refractivity contribution in [1.29, 1.82) is 0 Å². The van der Waals surface area contributed by atoms with E-state index < -0.39 is 5.66 Å². The molecule has 30 heavy (non-hydrogen) atoms. The first-order valence-electron chi connectivity index (χ1n) is 9.42. The molecule has 1 spiro atoms. The van der Waals surface area contributed by atoms with Crippen LogP contribution in [-0.2, 0) is 10.5 Å². The summed E-state index contributed by atoms with van der Waals surface area (Å²) in [5.41, 5.74) is 1.42. The highest BCUT2D eigenvalue weighted by Crippen LogP contribution is 2.51. The van der Waals surface area contributed by atoms with Crippen LogP contribution in [0.3, 0.4) is 0 Å². The normalized spacial score (nSPS) is 19.6. The summed E-state index contributed by atoms with van der Waals surface area (Å²) in [7, 11) is 3.24. The van der Waals surface area contributed by atoms with Crippen molar-refractivity contribution in [2.24, 2.45) is 0 Å². The van der Waals surface area contributed by atoms with Gasteiger partial charge >= 0.3 is 0 Å². The molecule has 150 valence electrons. The number of ether oxygens (including phenoxy) is 1. The van der Waals surface area contributed by atoms with E-state index in [1.165, 1.54) is 9.80 Å². The number of likely N-dealkylation sites (N-methyl/N-ethyl adjacent to an activating group) is 1. The van der Waals surface area contributed by atoms with E-state index in [2.05, 4.69) is 5.32 Å². The minimum Gasteiger partial charge on any atom is -0.497 e. The van der Waals surface area contributed by atoms with E-state index in [-0.39, 0.29) is 11.8 Å². The van der Waals surface area contributed by atoms with Gasteiger partial charge in [-0.2, -0.15) is 0 Å². The van der Waals surface area contributed by atoms with Gasteiger partial charge in [0.05, 0.1) is 23.4 Å². The van der Waals surface area contributed by atoms with Crippen LogP contribution in [0.2, 0.25) is 5.02 Å². The highest BCUT2D eigenvalue weighted by molar-refractivity contribution is 6.35. The van der Waals surface area contributed by atoms with Crippen molar-refractivity contribution in [3.63, 3.8) is 0 Å². The van der Waals surface area contributed by atoms with Crippen LogP contribution in [0.5, 0.6) is 5.75 Å². The molecule has 6 nitrogen and oxygen atoms in total. The average Bonchev–Trinajstić information content (AvgIpc) is 2.97. The zero-order chi connectivity index (χ0) is 21.0. The lowest BCUT2D eigenvalue weighted by Crippen LogP contribution is -2.62. The fourth-order valence-electron chi connectivity index (χ4n) is 4.29. The molecular weight excluding hydrogens is 402 g/mol. The molecule has 1 unspecified atom stereocenters. The molecule has 0 saturated heterocycles. The first-order valence-corrected chi connectivity index (χ1v) is 9.80. The molecule has 0 fully saturated rings. The number of hydrogen-bond acceptors (Lipinski definition) is 4. The Labute approximate surface area is 178 Å². The molecule has 2 heterocycles. The van der Waals surface area contributed by atoms with E-state index in [4.69, 9.17) is 16.3 Å². The van der Waals surface area contributed by atoms with Gasteiger partial charge in [-0.1, -0.05) is 35.9 Å². The van der Waals surface area contributed by atoms with Gasteiger partial charge in [0.2, 0.25) is 5.66 Å². The first-order chi connectivity index (χ1) is 14.5. The second-order valence-electron chi connectivity index (χ2n) is 7.22. The van der Waals surface area contributed by atoms with Crippen LogP contribution >= 0.6 is 11.6 Å². The topological polar surface area (TPSA) is 61.9 Å². The zero-order valence-electron chi connectivity index (χ0n) is 16.3. The molecule has 2 aliphatic heterocycles. The maximum atomic E-state index is 13.7. The number of hydrogen-bond donors (Lipinski definition) is 1. The van der Waals surface area contributed by atoms with Gasteiger partial charge in [0, 0.05) is 24.0 Å². The lowest BCUT2D eigenvalue weighted by atomic mass is 9.92. The molecule has 2 aliphatic rings. The van der Waals surface area contributed by atoms with E-state index in [1.54, 1.807) is 68.8 Å². The Balaban J connectivity index is 1.82. The van der Waals surface area contributed by atoms with E-state index in [9.17, 15) is 9.59 Å². The van der Waals surface area contributed by atoms with Gasteiger partial charge in [-0.3, -0.25) is 14.5 Å². The number of methoxy groups -OCH3 is 1. The van der Waals surface area contributed by atoms with Crippen molar-refractivity contribution in [3.05, 3.63) is 82.9 Å². The molecule has 7 heteroatoms. The summed E-state index contributed by atoms with van der Waals surface area (Å²) in [6.07, 6.45) is 0. The average molecular weight is 420 g/mol. The number of amides is 2. The number of fused-ring (bicyclic) bond motifs is 3. The molecule has 0 bridgehead atoms. The summed E-state index contributed by atoms with van der Waals surface area (Å²) in [6, 6.07) is 19.6. The second kappa shape index (κ2) is 6.50. The van der Waals surface area contributed by atoms with Crippen molar-refractivity contribution in [2.75, 3.05) is 29.3 Å². The van der Waals surface area contributed by atoms with E-state index in [0.29, 0.717) is 39.0 Å². The number of halogens is 1. The quantitative estimate of drug-likeness (QED) is 0.674. The molecule has 0 aliphatic carbocycles. The molecule has 0 aromatic heterocycles. The van der Waals surface area contributed by atoms with Crippen molar-refractivity contribution in [1.82, 2.24) is 0 Å². The van der Waals surface area contributed by atoms with Crippen LogP contribution < -0.4 is 19.9 Å². The van der Waals surface area contributed by atoms with Gasteiger partial charge in [-0.25, -0.2) is 0 Å². The Bertz CT molecular complexity index is 1190. The van der Waals surface area contributed by atoms with Gasteiger partial charge in [0.1, 0.15) is 5.75 Å². The summed E-state index contributed by atoms with van der Waals surface area (Å²) in [6.45, 7) is 0. The van der Waals surface area contributed by atoms with Crippen LogP contribution in [0.25, 0.3) is 0 Å². The van der Waals surface area contributed by atoms with Crippen LogP contribution in [0.1, 0.15) is 15.9 Å². The molecule has 3 aromatic carbocycles. The van der Waals surface area contributed by atoms with Crippen molar-refractivity contribution in [2.45, 2.75) is 5.66 Å². The minimum absolute atomic E-state index is 0.274. The zero-order valence-corrected chi connectivity index (χ0v) is 17.1. The number of carbonyl (C=O) groups excluding carboxylic acids is 2. The molecule has 0 radical (unpaired) electrons. The van der Waals surface area contributed by atoms with Crippen molar-refractivity contribution in [3.8, 4) is 5.75 Å². The summed E-state index contributed by atoms with van der Waals surface area (Å²) in [5, 5.41) is 3.81. The fourth-order valence-corrected chi connectivity index (χ4v) is 4.59. The van der Waals surface area contributed by atoms with Gasteiger partial charge in [0.25, 0.3) is 11.8 Å². The third-order valence-corrected chi connectivity index (χ3v) is 5.97. The predicted octanol–water partition coefficient (Wildman–Crippen LogP) is 4.25. The molecule has 1 N–H and O–H groups in total. The summed E-state index contributed by atoms with van der Waals surface area (Å²) in [4.78, 5) is 30.5. The Hall–Kier alpha value is -3.51. The largest absolute Gasteiger partial charge is 0.497 e. The molecule has 1 atom stereocenters.